The first-order valence-electron chi connectivity index (χ1n) is 6.68. The predicted octanol–water partition coefficient (Wildman–Crippen LogP) is 2.68. The third-order valence-electron chi connectivity index (χ3n) is 3.92. The van der Waals surface area contributed by atoms with Gasteiger partial charge in [0.1, 0.15) is 0 Å². The molecule has 0 aromatic carbocycles. The van der Waals surface area contributed by atoms with Crippen molar-refractivity contribution in [1.82, 2.24) is 4.90 Å². The third kappa shape index (κ3) is 3.76. The van der Waals surface area contributed by atoms with Crippen molar-refractivity contribution in [3.05, 3.63) is 0 Å². The lowest BCUT2D eigenvalue weighted by atomic mass is 9.89. The molecule has 1 saturated heterocycles. The maximum Gasteiger partial charge on any atom is 0.0597 e. The Bertz CT molecular complexity index is 169. The summed E-state index contributed by atoms with van der Waals surface area (Å²) < 4.78 is 5.95. The van der Waals surface area contributed by atoms with Gasteiger partial charge in [-0.15, -0.1) is 0 Å². The summed E-state index contributed by atoms with van der Waals surface area (Å²) in [4.78, 5) is 2.53. The van der Waals surface area contributed by atoms with E-state index in [9.17, 15) is 0 Å². The summed E-state index contributed by atoms with van der Waals surface area (Å²) in [7, 11) is 0. The van der Waals surface area contributed by atoms with Crippen LogP contribution < -0.4 is 0 Å². The zero-order valence-electron chi connectivity index (χ0n) is 10.1. The summed E-state index contributed by atoms with van der Waals surface area (Å²) in [6, 6.07) is 0. The Labute approximate surface area is 94.0 Å². The number of nitrogens with zero attached hydrogens (tertiary/aromatic N) is 1. The van der Waals surface area contributed by atoms with E-state index in [1.807, 2.05) is 0 Å². The standard InChI is InChI=1S/C13H25NO/c1-12-4-6-13(7-5-12)15-11-10-14-8-2-3-9-14/h12-13H,2-11H2,1H3/t12-,13-. The van der Waals surface area contributed by atoms with Crippen molar-refractivity contribution in [1.29, 1.82) is 0 Å². The molecule has 2 heteroatoms. The van der Waals surface area contributed by atoms with E-state index in [-0.39, 0.29) is 0 Å². The van der Waals surface area contributed by atoms with Gasteiger partial charge in [-0.3, -0.25) is 0 Å². The minimum Gasteiger partial charge on any atom is -0.377 e. The lowest BCUT2D eigenvalue weighted by Crippen LogP contribution is -2.28. The molecule has 0 bridgehead atoms. The van der Waals surface area contributed by atoms with Gasteiger partial charge in [-0.2, -0.15) is 0 Å². The maximum atomic E-state index is 5.95. The van der Waals surface area contributed by atoms with E-state index in [0.717, 1.165) is 19.1 Å². The molecule has 0 N–H and O–H groups in total. The van der Waals surface area contributed by atoms with Crippen molar-refractivity contribution in [2.75, 3.05) is 26.2 Å². The Morgan fingerprint density at radius 1 is 1.07 bits per heavy atom. The normalized spacial score (nSPS) is 33.4. The quantitative estimate of drug-likeness (QED) is 0.709. The van der Waals surface area contributed by atoms with Gasteiger partial charge >= 0.3 is 0 Å². The average molecular weight is 211 g/mol. The van der Waals surface area contributed by atoms with Crippen molar-refractivity contribution in [2.24, 2.45) is 5.92 Å². The molecule has 0 unspecified atom stereocenters. The fourth-order valence-electron chi connectivity index (χ4n) is 2.75. The van der Waals surface area contributed by atoms with E-state index in [0.29, 0.717) is 6.10 Å². The van der Waals surface area contributed by atoms with E-state index in [1.165, 1.54) is 51.6 Å². The highest BCUT2D eigenvalue weighted by molar-refractivity contribution is 4.71. The highest BCUT2D eigenvalue weighted by Gasteiger charge is 2.19. The molecule has 1 heterocycles. The Morgan fingerprint density at radius 3 is 2.40 bits per heavy atom. The molecule has 0 spiro atoms. The topological polar surface area (TPSA) is 12.5 Å². The summed E-state index contributed by atoms with van der Waals surface area (Å²) in [5.41, 5.74) is 0. The summed E-state index contributed by atoms with van der Waals surface area (Å²) in [6.45, 7) is 7.07. The van der Waals surface area contributed by atoms with Crippen LogP contribution in [0.2, 0.25) is 0 Å². The lowest BCUT2D eigenvalue weighted by molar-refractivity contribution is 0.0111. The summed E-state index contributed by atoms with van der Waals surface area (Å²) >= 11 is 0. The molecule has 1 saturated carbocycles. The zero-order chi connectivity index (χ0) is 10.5. The first-order chi connectivity index (χ1) is 7.34. The second-order valence-corrected chi connectivity index (χ2v) is 5.30. The van der Waals surface area contributed by atoms with Gasteiger partial charge in [0.05, 0.1) is 12.7 Å². The molecule has 0 radical (unpaired) electrons. The number of hydrogen-bond donors (Lipinski definition) is 0. The van der Waals surface area contributed by atoms with Gasteiger partial charge in [-0.1, -0.05) is 6.92 Å². The number of rotatable bonds is 4. The van der Waals surface area contributed by atoms with E-state index in [2.05, 4.69) is 11.8 Å². The fraction of sp³-hybridized carbons (Fsp3) is 1.00. The number of hydrogen-bond acceptors (Lipinski definition) is 2. The fourth-order valence-corrected chi connectivity index (χ4v) is 2.75. The lowest BCUT2D eigenvalue weighted by Gasteiger charge is -2.27. The first kappa shape index (κ1) is 11.4. The average Bonchev–Trinajstić information content (AvgIpc) is 2.74. The molecular formula is C13H25NO. The minimum absolute atomic E-state index is 0.573. The molecule has 2 rings (SSSR count). The van der Waals surface area contributed by atoms with Gasteiger partial charge in [0, 0.05) is 6.54 Å². The van der Waals surface area contributed by atoms with Gasteiger partial charge in [0.25, 0.3) is 0 Å². The Hall–Kier alpha value is -0.0800. The molecule has 2 nitrogen and oxygen atoms in total. The molecule has 2 aliphatic rings. The molecule has 1 aliphatic heterocycles. The molecule has 0 amide bonds. The molecule has 88 valence electrons. The molecule has 2 fully saturated rings. The van der Waals surface area contributed by atoms with Gasteiger partial charge in [0.2, 0.25) is 0 Å². The summed E-state index contributed by atoms with van der Waals surface area (Å²) in [6.07, 6.45) is 8.68. The molecular weight excluding hydrogens is 186 g/mol. The largest absolute Gasteiger partial charge is 0.377 e. The Kier molecular flexibility index (Phi) is 4.45. The Balaban J connectivity index is 1.53. The van der Waals surface area contributed by atoms with Gasteiger partial charge in [0.15, 0.2) is 0 Å². The van der Waals surface area contributed by atoms with Crippen LogP contribution in [0.1, 0.15) is 45.4 Å². The van der Waals surface area contributed by atoms with E-state index >= 15 is 0 Å². The monoisotopic (exact) mass is 211 g/mol. The van der Waals surface area contributed by atoms with E-state index in [1.54, 1.807) is 0 Å². The first-order valence-corrected chi connectivity index (χ1v) is 6.68. The molecule has 1 aliphatic carbocycles. The van der Waals surface area contributed by atoms with Gasteiger partial charge < -0.3 is 9.64 Å². The van der Waals surface area contributed by atoms with E-state index in [4.69, 9.17) is 4.74 Å². The molecule has 0 aromatic rings. The molecule has 0 atom stereocenters. The summed E-state index contributed by atoms with van der Waals surface area (Å²) in [5, 5.41) is 0. The van der Waals surface area contributed by atoms with Crippen LogP contribution in [0.3, 0.4) is 0 Å². The maximum absolute atomic E-state index is 5.95. The van der Waals surface area contributed by atoms with Crippen LogP contribution in [-0.4, -0.2) is 37.2 Å². The SMILES string of the molecule is C[C@H]1CC[C@H](OCCN2CCCC2)CC1. The number of ether oxygens (including phenoxy) is 1. The predicted molar refractivity (Wildman–Crippen MR) is 63.0 cm³/mol. The smallest absolute Gasteiger partial charge is 0.0597 e. The third-order valence-corrected chi connectivity index (χ3v) is 3.92. The van der Waals surface area contributed by atoms with Crippen molar-refractivity contribution >= 4 is 0 Å². The van der Waals surface area contributed by atoms with Crippen LogP contribution in [0, 0.1) is 5.92 Å². The van der Waals surface area contributed by atoms with Crippen LogP contribution in [0.5, 0.6) is 0 Å². The van der Waals surface area contributed by atoms with Gasteiger partial charge in [-0.05, 0) is 57.5 Å². The minimum atomic E-state index is 0.573. The van der Waals surface area contributed by atoms with Crippen LogP contribution in [-0.2, 0) is 4.74 Å². The van der Waals surface area contributed by atoms with Crippen molar-refractivity contribution in [2.45, 2.75) is 51.6 Å². The Morgan fingerprint density at radius 2 is 1.73 bits per heavy atom. The second kappa shape index (κ2) is 5.86. The van der Waals surface area contributed by atoms with Crippen LogP contribution in [0.15, 0.2) is 0 Å². The van der Waals surface area contributed by atoms with Crippen LogP contribution >= 0.6 is 0 Å². The summed E-state index contributed by atoms with van der Waals surface area (Å²) in [5.74, 6) is 0.934. The van der Waals surface area contributed by atoms with Crippen LogP contribution in [0.25, 0.3) is 0 Å². The van der Waals surface area contributed by atoms with Crippen molar-refractivity contribution in [3.63, 3.8) is 0 Å². The highest BCUT2D eigenvalue weighted by atomic mass is 16.5. The molecule has 0 aromatic heterocycles. The van der Waals surface area contributed by atoms with E-state index < -0.39 is 0 Å². The molecule has 15 heavy (non-hydrogen) atoms. The second-order valence-electron chi connectivity index (χ2n) is 5.30. The van der Waals surface area contributed by atoms with Gasteiger partial charge in [-0.25, -0.2) is 0 Å². The highest BCUT2D eigenvalue weighted by Crippen LogP contribution is 2.25. The van der Waals surface area contributed by atoms with Crippen LogP contribution in [0.4, 0.5) is 0 Å². The van der Waals surface area contributed by atoms with Crippen molar-refractivity contribution in [3.8, 4) is 0 Å². The number of likely N-dealkylation sites (tertiary alicyclic amines) is 1. The van der Waals surface area contributed by atoms with Crippen molar-refractivity contribution < 1.29 is 4.74 Å². The zero-order valence-corrected chi connectivity index (χ0v) is 10.1.